The number of nitrogens with zero attached hydrogens (tertiary/aromatic N) is 1. The molecule has 0 aromatic heterocycles. The molecule has 1 atom stereocenters. The van der Waals surface area contributed by atoms with Gasteiger partial charge in [-0.15, -0.1) is 0 Å². The lowest BCUT2D eigenvalue weighted by Gasteiger charge is -2.23. The Balaban J connectivity index is 2.43. The Morgan fingerprint density at radius 1 is 1.47 bits per heavy atom. The second-order valence-corrected chi connectivity index (χ2v) is 4.40. The Morgan fingerprint density at radius 2 is 2.18 bits per heavy atom. The number of rotatable bonds is 6. The van der Waals surface area contributed by atoms with E-state index in [0.717, 1.165) is 19.5 Å². The van der Waals surface area contributed by atoms with Crippen LogP contribution in [-0.2, 0) is 0 Å². The van der Waals surface area contributed by atoms with E-state index in [9.17, 15) is 4.39 Å². The fourth-order valence-corrected chi connectivity index (χ4v) is 1.58. The molecule has 0 aliphatic carbocycles. The minimum absolute atomic E-state index is 0.267. The molecule has 96 valence electrons. The fourth-order valence-electron chi connectivity index (χ4n) is 1.58. The van der Waals surface area contributed by atoms with Gasteiger partial charge in [0.25, 0.3) is 0 Å². The van der Waals surface area contributed by atoms with Gasteiger partial charge in [0.1, 0.15) is 5.82 Å². The summed E-state index contributed by atoms with van der Waals surface area (Å²) >= 11 is 0. The lowest BCUT2D eigenvalue weighted by atomic mass is 10.2. The van der Waals surface area contributed by atoms with E-state index < -0.39 is 0 Å². The molecule has 1 aromatic rings. The second kappa shape index (κ2) is 6.45. The molecule has 3 N–H and O–H groups in total. The van der Waals surface area contributed by atoms with Crippen molar-refractivity contribution in [3.05, 3.63) is 24.0 Å². The van der Waals surface area contributed by atoms with E-state index in [-0.39, 0.29) is 5.82 Å². The Morgan fingerprint density at radius 3 is 2.82 bits per heavy atom. The number of likely N-dealkylation sites (N-methyl/N-ethyl adjacent to an activating group) is 1. The Bertz CT molecular complexity index is 355. The summed E-state index contributed by atoms with van der Waals surface area (Å²) in [6.45, 7) is 6.02. The number of anilines is 2. The number of benzene rings is 1. The van der Waals surface area contributed by atoms with Crippen molar-refractivity contribution in [3.8, 4) is 0 Å². The van der Waals surface area contributed by atoms with Crippen molar-refractivity contribution in [1.29, 1.82) is 0 Å². The van der Waals surface area contributed by atoms with Gasteiger partial charge in [-0.3, -0.25) is 0 Å². The van der Waals surface area contributed by atoms with Crippen molar-refractivity contribution < 1.29 is 4.39 Å². The third-order valence-corrected chi connectivity index (χ3v) is 3.14. The summed E-state index contributed by atoms with van der Waals surface area (Å²) in [4.78, 5) is 2.27. The van der Waals surface area contributed by atoms with Crippen molar-refractivity contribution in [1.82, 2.24) is 4.90 Å². The number of nitrogens with two attached hydrogens (primary N) is 1. The van der Waals surface area contributed by atoms with Gasteiger partial charge in [0.15, 0.2) is 0 Å². The minimum atomic E-state index is -0.267. The Labute approximate surface area is 103 Å². The van der Waals surface area contributed by atoms with E-state index in [1.54, 1.807) is 6.07 Å². The summed E-state index contributed by atoms with van der Waals surface area (Å²) < 4.78 is 13.0. The van der Waals surface area contributed by atoms with E-state index in [4.69, 9.17) is 5.73 Å². The standard InChI is InChI=1S/C13H22FN3/c1-4-10(2)17(3)8-7-16-13-9-11(14)5-6-12(13)15/h5-6,9-10,16H,4,7-8,15H2,1-3H3. The largest absolute Gasteiger partial charge is 0.397 e. The highest BCUT2D eigenvalue weighted by Gasteiger charge is 2.06. The molecule has 0 saturated heterocycles. The second-order valence-electron chi connectivity index (χ2n) is 4.40. The van der Waals surface area contributed by atoms with Crippen LogP contribution in [0.25, 0.3) is 0 Å². The number of halogens is 1. The molecule has 17 heavy (non-hydrogen) atoms. The van der Waals surface area contributed by atoms with Crippen LogP contribution in [-0.4, -0.2) is 31.1 Å². The van der Waals surface area contributed by atoms with Gasteiger partial charge < -0.3 is 16.0 Å². The highest BCUT2D eigenvalue weighted by molar-refractivity contribution is 5.65. The van der Waals surface area contributed by atoms with Gasteiger partial charge in [-0.25, -0.2) is 4.39 Å². The van der Waals surface area contributed by atoms with Crippen LogP contribution in [0.15, 0.2) is 18.2 Å². The van der Waals surface area contributed by atoms with Crippen LogP contribution < -0.4 is 11.1 Å². The molecule has 0 bridgehead atoms. The first kappa shape index (κ1) is 13.8. The summed E-state index contributed by atoms with van der Waals surface area (Å²) in [6.07, 6.45) is 1.12. The maximum absolute atomic E-state index is 13.0. The summed E-state index contributed by atoms with van der Waals surface area (Å²) in [5.41, 5.74) is 7.00. The summed E-state index contributed by atoms with van der Waals surface area (Å²) in [5.74, 6) is -0.267. The van der Waals surface area contributed by atoms with Crippen LogP contribution in [0.1, 0.15) is 20.3 Å². The SMILES string of the molecule is CCC(C)N(C)CCNc1cc(F)ccc1N. The van der Waals surface area contributed by atoms with E-state index in [0.29, 0.717) is 17.4 Å². The maximum Gasteiger partial charge on any atom is 0.125 e. The first-order valence-electron chi connectivity index (χ1n) is 6.03. The molecule has 0 spiro atoms. The van der Waals surface area contributed by atoms with Crippen LogP contribution >= 0.6 is 0 Å². The molecule has 0 saturated carbocycles. The molecule has 0 amide bonds. The van der Waals surface area contributed by atoms with Crippen LogP contribution in [0.4, 0.5) is 15.8 Å². The molecule has 0 aliphatic rings. The van der Waals surface area contributed by atoms with Crippen LogP contribution in [0.5, 0.6) is 0 Å². The summed E-state index contributed by atoms with van der Waals surface area (Å²) in [7, 11) is 2.09. The molecule has 0 aliphatic heterocycles. The number of hydrogen-bond acceptors (Lipinski definition) is 3. The molecular weight excluding hydrogens is 217 g/mol. The molecule has 1 rings (SSSR count). The molecule has 4 heteroatoms. The molecule has 0 radical (unpaired) electrons. The first-order chi connectivity index (χ1) is 8.04. The van der Waals surface area contributed by atoms with Crippen molar-refractivity contribution in [2.75, 3.05) is 31.2 Å². The zero-order valence-corrected chi connectivity index (χ0v) is 10.8. The normalized spacial score (nSPS) is 12.8. The molecule has 0 heterocycles. The van der Waals surface area contributed by atoms with Crippen LogP contribution in [0.2, 0.25) is 0 Å². The molecule has 3 nitrogen and oxygen atoms in total. The average molecular weight is 239 g/mol. The van der Waals surface area contributed by atoms with Gasteiger partial charge in [0, 0.05) is 19.1 Å². The average Bonchev–Trinajstić information content (AvgIpc) is 2.32. The van der Waals surface area contributed by atoms with Crippen molar-refractivity contribution >= 4 is 11.4 Å². The first-order valence-corrected chi connectivity index (χ1v) is 6.03. The van der Waals surface area contributed by atoms with Gasteiger partial charge in [-0.1, -0.05) is 6.92 Å². The highest BCUT2D eigenvalue weighted by Crippen LogP contribution is 2.18. The van der Waals surface area contributed by atoms with Crippen molar-refractivity contribution in [2.45, 2.75) is 26.3 Å². The minimum Gasteiger partial charge on any atom is -0.397 e. The van der Waals surface area contributed by atoms with Gasteiger partial charge in [-0.05, 0) is 38.6 Å². The third kappa shape index (κ3) is 4.23. The number of nitrogen functional groups attached to an aromatic ring is 1. The molecular formula is C13H22FN3. The quantitative estimate of drug-likeness (QED) is 0.750. The number of hydrogen-bond donors (Lipinski definition) is 2. The van der Waals surface area contributed by atoms with E-state index >= 15 is 0 Å². The monoisotopic (exact) mass is 239 g/mol. The highest BCUT2D eigenvalue weighted by atomic mass is 19.1. The van der Waals surface area contributed by atoms with Crippen molar-refractivity contribution in [2.24, 2.45) is 0 Å². The van der Waals surface area contributed by atoms with Gasteiger partial charge in [0.05, 0.1) is 11.4 Å². The Kier molecular flexibility index (Phi) is 5.22. The van der Waals surface area contributed by atoms with Crippen LogP contribution in [0, 0.1) is 5.82 Å². The number of nitrogens with one attached hydrogen (secondary N) is 1. The van der Waals surface area contributed by atoms with Gasteiger partial charge in [-0.2, -0.15) is 0 Å². The zero-order chi connectivity index (χ0) is 12.8. The fraction of sp³-hybridized carbons (Fsp3) is 0.538. The molecule has 1 aromatic carbocycles. The summed E-state index contributed by atoms with van der Waals surface area (Å²) in [6, 6.07) is 4.93. The molecule has 0 fully saturated rings. The van der Waals surface area contributed by atoms with E-state index in [1.165, 1.54) is 12.1 Å². The lowest BCUT2D eigenvalue weighted by Crippen LogP contribution is -2.32. The molecule has 1 unspecified atom stereocenters. The third-order valence-electron chi connectivity index (χ3n) is 3.14. The zero-order valence-electron chi connectivity index (χ0n) is 10.8. The predicted molar refractivity (Wildman–Crippen MR) is 71.7 cm³/mol. The van der Waals surface area contributed by atoms with Crippen LogP contribution in [0.3, 0.4) is 0 Å². The maximum atomic E-state index is 13.0. The smallest absolute Gasteiger partial charge is 0.125 e. The van der Waals surface area contributed by atoms with E-state index in [2.05, 4.69) is 31.1 Å². The van der Waals surface area contributed by atoms with Crippen molar-refractivity contribution in [3.63, 3.8) is 0 Å². The Hall–Kier alpha value is -1.29. The van der Waals surface area contributed by atoms with Gasteiger partial charge >= 0.3 is 0 Å². The predicted octanol–water partition coefficient (Wildman–Crippen LogP) is 2.55. The van der Waals surface area contributed by atoms with E-state index in [1.807, 2.05) is 0 Å². The topological polar surface area (TPSA) is 41.3 Å². The summed E-state index contributed by atoms with van der Waals surface area (Å²) in [5, 5.41) is 3.16. The van der Waals surface area contributed by atoms with Gasteiger partial charge in [0.2, 0.25) is 0 Å². The lowest BCUT2D eigenvalue weighted by molar-refractivity contribution is 0.261.